The number of aromatic amines is 1. The molecule has 0 bridgehead atoms. The van der Waals surface area contributed by atoms with E-state index in [9.17, 15) is 14.4 Å². The second kappa shape index (κ2) is 7.22. The minimum absolute atomic E-state index is 0.0676. The summed E-state index contributed by atoms with van der Waals surface area (Å²) in [7, 11) is 0. The van der Waals surface area contributed by atoms with Crippen molar-refractivity contribution in [2.24, 2.45) is 0 Å². The van der Waals surface area contributed by atoms with Crippen molar-refractivity contribution in [3.8, 4) is 0 Å². The fraction of sp³-hybridized carbons (Fsp3) is 0.118. The molecule has 0 fully saturated rings. The Morgan fingerprint density at radius 3 is 2.52 bits per heavy atom. The fourth-order valence-corrected chi connectivity index (χ4v) is 1.89. The molecule has 1 aromatic carbocycles. The van der Waals surface area contributed by atoms with E-state index in [0.717, 1.165) is 11.1 Å². The molecule has 0 spiro atoms. The number of H-pyrrole nitrogens is 1. The minimum Gasteiger partial charge on any atom is -0.478 e. The molecule has 0 saturated heterocycles. The average molecular weight is 312 g/mol. The maximum atomic E-state index is 12.0. The second-order valence-corrected chi connectivity index (χ2v) is 4.98. The summed E-state index contributed by atoms with van der Waals surface area (Å²) in [5.41, 5.74) is 2.12. The number of carbonyl (C=O) groups is 3. The standard InChI is InChI=1S/C17H16N2O4/c1-11(20)2-3-13-8-15(18-10-13)16(21)19-9-12-4-6-14(7-5-12)17(22)23/h2-8,10,18H,9H2,1H3,(H,19,21)(H,22,23). The summed E-state index contributed by atoms with van der Waals surface area (Å²) in [5.74, 6) is -1.34. The normalized spacial score (nSPS) is 10.7. The van der Waals surface area contributed by atoms with Gasteiger partial charge in [0.2, 0.25) is 0 Å². The SMILES string of the molecule is CC(=O)C=Cc1c[nH]c(C(=O)NCc2ccc(C(=O)O)cc2)c1. The van der Waals surface area contributed by atoms with Crippen molar-refractivity contribution in [1.29, 1.82) is 0 Å². The Morgan fingerprint density at radius 1 is 1.22 bits per heavy atom. The molecule has 6 heteroatoms. The highest BCUT2D eigenvalue weighted by atomic mass is 16.4. The summed E-state index contributed by atoms with van der Waals surface area (Å²) in [6, 6.07) is 7.92. The average Bonchev–Trinajstić information content (AvgIpc) is 3.00. The van der Waals surface area contributed by atoms with E-state index in [1.165, 1.54) is 25.1 Å². The summed E-state index contributed by atoms with van der Waals surface area (Å²) < 4.78 is 0. The highest BCUT2D eigenvalue weighted by molar-refractivity contribution is 5.94. The number of aromatic nitrogens is 1. The lowest BCUT2D eigenvalue weighted by molar-refractivity contribution is -0.112. The molecule has 2 rings (SSSR count). The molecule has 0 atom stereocenters. The van der Waals surface area contributed by atoms with Gasteiger partial charge in [0.25, 0.3) is 5.91 Å². The largest absolute Gasteiger partial charge is 0.478 e. The van der Waals surface area contributed by atoms with Crippen LogP contribution in [0.5, 0.6) is 0 Å². The van der Waals surface area contributed by atoms with Crippen LogP contribution in [0, 0.1) is 0 Å². The molecule has 118 valence electrons. The van der Waals surface area contributed by atoms with Gasteiger partial charge < -0.3 is 15.4 Å². The zero-order valence-corrected chi connectivity index (χ0v) is 12.5. The molecule has 1 aromatic heterocycles. The van der Waals surface area contributed by atoms with Crippen LogP contribution >= 0.6 is 0 Å². The van der Waals surface area contributed by atoms with Crippen LogP contribution < -0.4 is 5.32 Å². The van der Waals surface area contributed by atoms with Crippen LogP contribution in [-0.4, -0.2) is 27.8 Å². The minimum atomic E-state index is -0.988. The summed E-state index contributed by atoms with van der Waals surface area (Å²) in [6.45, 7) is 1.74. The Hall–Kier alpha value is -3.15. The zero-order valence-electron chi connectivity index (χ0n) is 12.5. The number of ketones is 1. The summed E-state index contributed by atoms with van der Waals surface area (Å²) >= 11 is 0. The third-order valence-corrected chi connectivity index (χ3v) is 3.11. The van der Waals surface area contributed by atoms with E-state index in [2.05, 4.69) is 10.3 Å². The third kappa shape index (κ3) is 4.67. The fourth-order valence-electron chi connectivity index (χ4n) is 1.89. The van der Waals surface area contributed by atoms with Gasteiger partial charge in [-0.3, -0.25) is 9.59 Å². The quantitative estimate of drug-likeness (QED) is 0.712. The molecule has 0 aliphatic carbocycles. The molecule has 2 aromatic rings. The number of aromatic carboxylic acids is 1. The Kier molecular flexibility index (Phi) is 5.09. The van der Waals surface area contributed by atoms with Crippen molar-refractivity contribution in [2.75, 3.05) is 0 Å². The maximum Gasteiger partial charge on any atom is 0.335 e. The van der Waals surface area contributed by atoms with Crippen LogP contribution in [0.25, 0.3) is 6.08 Å². The molecule has 1 heterocycles. The van der Waals surface area contributed by atoms with Crippen molar-refractivity contribution < 1.29 is 19.5 Å². The topological polar surface area (TPSA) is 99.3 Å². The molecule has 1 amide bonds. The summed E-state index contributed by atoms with van der Waals surface area (Å²) in [4.78, 5) is 36.5. The number of carboxylic acid groups (broad SMARTS) is 1. The number of carbonyl (C=O) groups excluding carboxylic acids is 2. The number of hydrogen-bond donors (Lipinski definition) is 3. The first-order chi connectivity index (χ1) is 11.0. The Labute approximate surface area is 132 Å². The highest BCUT2D eigenvalue weighted by Gasteiger charge is 2.08. The van der Waals surface area contributed by atoms with Crippen molar-refractivity contribution in [3.05, 3.63) is 65.0 Å². The van der Waals surface area contributed by atoms with Crippen molar-refractivity contribution >= 4 is 23.7 Å². The Morgan fingerprint density at radius 2 is 1.91 bits per heavy atom. The van der Waals surface area contributed by atoms with Gasteiger partial charge >= 0.3 is 5.97 Å². The van der Waals surface area contributed by atoms with E-state index in [-0.39, 0.29) is 23.8 Å². The van der Waals surface area contributed by atoms with Gasteiger partial charge in [-0.2, -0.15) is 0 Å². The molecule has 0 unspecified atom stereocenters. The summed E-state index contributed by atoms with van der Waals surface area (Å²) in [6.07, 6.45) is 4.69. The first-order valence-electron chi connectivity index (χ1n) is 6.93. The molecular formula is C17H16N2O4. The predicted molar refractivity (Wildman–Crippen MR) is 85.1 cm³/mol. The lowest BCUT2D eigenvalue weighted by Crippen LogP contribution is -2.23. The molecule has 0 aliphatic heterocycles. The lowest BCUT2D eigenvalue weighted by Gasteiger charge is -2.04. The molecule has 3 N–H and O–H groups in total. The van der Waals surface area contributed by atoms with Crippen LogP contribution in [0.1, 0.15) is 38.9 Å². The zero-order chi connectivity index (χ0) is 16.8. The number of nitrogens with one attached hydrogen (secondary N) is 2. The number of hydrogen-bond acceptors (Lipinski definition) is 3. The van der Waals surface area contributed by atoms with Crippen molar-refractivity contribution in [2.45, 2.75) is 13.5 Å². The van der Waals surface area contributed by atoms with Gasteiger partial charge in [0.1, 0.15) is 5.69 Å². The molecule has 0 saturated carbocycles. The van der Waals surface area contributed by atoms with Gasteiger partial charge in [0, 0.05) is 12.7 Å². The van der Waals surface area contributed by atoms with Gasteiger partial charge in [-0.1, -0.05) is 12.1 Å². The third-order valence-electron chi connectivity index (χ3n) is 3.11. The van der Waals surface area contributed by atoms with E-state index in [0.29, 0.717) is 5.69 Å². The molecule has 23 heavy (non-hydrogen) atoms. The second-order valence-electron chi connectivity index (χ2n) is 4.98. The monoisotopic (exact) mass is 312 g/mol. The number of allylic oxidation sites excluding steroid dienone is 1. The van der Waals surface area contributed by atoms with Gasteiger partial charge in [0.15, 0.2) is 5.78 Å². The predicted octanol–water partition coefficient (Wildman–Crippen LogP) is 2.25. The molecular weight excluding hydrogens is 296 g/mol. The van der Waals surface area contributed by atoms with E-state index >= 15 is 0 Å². The van der Waals surface area contributed by atoms with E-state index in [1.807, 2.05) is 0 Å². The van der Waals surface area contributed by atoms with Gasteiger partial charge in [-0.15, -0.1) is 0 Å². The molecule has 6 nitrogen and oxygen atoms in total. The summed E-state index contributed by atoms with van der Waals surface area (Å²) in [5, 5.41) is 11.6. The van der Waals surface area contributed by atoms with Crippen LogP contribution in [0.4, 0.5) is 0 Å². The van der Waals surface area contributed by atoms with Gasteiger partial charge in [-0.25, -0.2) is 4.79 Å². The van der Waals surface area contributed by atoms with Crippen LogP contribution in [0.2, 0.25) is 0 Å². The number of rotatable bonds is 6. The van der Waals surface area contributed by atoms with Gasteiger partial charge in [0.05, 0.1) is 5.56 Å². The Balaban J connectivity index is 1.94. The molecule has 0 aliphatic rings. The maximum absolute atomic E-state index is 12.0. The van der Waals surface area contributed by atoms with E-state index in [1.54, 1.807) is 30.5 Å². The van der Waals surface area contributed by atoms with E-state index in [4.69, 9.17) is 5.11 Å². The van der Waals surface area contributed by atoms with Crippen LogP contribution in [-0.2, 0) is 11.3 Å². The first kappa shape index (κ1) is 16.2. The Bertz CT molecular complexity index is 757. The smallest absolute Gasteiger partial charge is 0.335 e. The number of carboxylic acids is 1. The van der Waals surface area contributed by atoms with Crippen LogP contribution in [0.15, 0.2) is 42.6 Å². The highest BCUT2D eigenvalue weighted by Crippen LogP contribution is 2.07. The van der Waals surface area contributed by atoms with E-state index < -0.39 is 5.97 Å². The molecule has 0 radical (unpaired) electrons. The van der Waals surface area contributed by atoms with Crippen LogP contribution in [0.3, 0.4) is 0 Å². The number of amides is 1. The van der Waals surface area contributed by atoms with Crippen molar-refractivity contribution in [1.82, 2.24) is 10.3 Å². The lowest BCUT2D eigenvalue weighted by atomic mass is 10.1. The first-order valence-corrected chi connectivity index (χ1v) is 6.93. The van der Waals surface area contributed by atoms with Crippen molar-refractivity contribution in [3.63, 3.8) is 0 Å². The number of benzene rings is 1. The van der Waals surface area contributed by atoms with Gasteiger partial charge in [-0.05, 0) is 48.4 Å².